The summed E-state index contributed by atoms with van der Waals surface area (Å²) in [6.07, 6.45) is 1.51. The Morgan fingerprint density at radius 1 is 1.23 bits per heavy atom. The van der Waals surface area contributed by atoms with Gasteiger partial charge in [-0.25, -0.2) is 9.48 Å². The third kappa shape index (κ3) is 3.60. The van der Waals surface area contributed by atoms with Gasteiger partial charge in [-0.05, 0) is 35.9 Å². The number of aromatic nitrogens is 2. The van der Waals surface area contributed by atoms with Crippen LogP contribution in [0.2, 0.25) is 0 Å². The molecule has 0 saturated heterocycles. The van der Waals surface area contributed by atoms with Gasteiger partial charge in [0, 0.05) is 11.3 Å². The molecule has 0 radical (unpaired) electrons. The molecular formula is C21H18N4O5. The van der Waals surface area contributed by atoms with Gasteiger partial charge in [0.1, 0.15) is 17.6 Å². The second-order valence-corrected chi connectivity index (χ2v) is 6.72. The molecule has 3 aromatic rings. The van der Waals surface area contributed by atoms with Gasteiger partial charge in [0.2, 0.25) is 11.8 Å². The molecule has 0 saturated carbocycles. The second-order valence-electron chi connectivity index (χ2n) is 6.72. The first-order valence-corrected chi connectivity index (χ1v) is 9.12. The number of amides is 2. The van der Waals surface area contributed by atoms with E-state index in [9.17, 15) is 14.4 Å². The summed E-state index contributed by atoms with van der Waals surface area (Å²) in [6.45, 7) is 0. The molecule has 9 nitrogen and oxygen atoms in total. The summed E-state index contributed by atoms with van der Waals surface area (Å²) < 4.78 is 6.63. The van der Waals surface area contributed by atoms with Gasteiger partial charge in [-0.15, -0.1) is 0 Å². The normalized spacial score (nSPS) is 15.1. The number of carbonyl (C=O) groups excluding carboxylic acids is 2. The Kier molecular flexibility index (Phi) is 4.93. The lowest BCUT2D eigenvalue weighted by Gasteiger charge is -2.24. The lowest BCUT2D eigenvalue weighted by Crippen LogP contribution is -2.35. The highest BCUT2D eigenvalue weighted by Gasteiger charge is 2.33. The lowest BCUT2D eigenvalue weighted by molar-refractivity contribution is -0.125. The molecule has 1 aromatic heterocycles. The van der Waals surface area contributed by atoms with E-state index in [0.29, 0.717) is 22.8 Å². The molecule has 1 atom stereocenters. The Bertz CT molecular complexity index is 1140. The Morgan fingerprint density at radius 3 is 2.70 bits per heavy atom. The monoisotopic (exact) mass is 406 g/mol. The maximum atomic E-state index is 12.9. The molecule has 2 aromatic carbocycles. The SMILES string of the molecule is COc1ccc(-c2cnn3c2NC(=O)C[C@@H]3C(=O)Nc2cccc(C(=O)O)c2)cc1. The quantitative estimate of drug-likeness (QED) is 0.599. The van der Waals surface area contributed by atoms with E-state index in [0.717, 1.165) is 5.56 Å². The molecule has 0 spiro atoms. The molecule has 152 valence electrons. The molecule has 30 heavy (non-hydrogen) atoms. The van der Waals surface area contributed by atoms with E-state index < -0.39 is 17.9 Å². The van der Waals surface area contributed by atoms with Crippen LogP contribution in [0.5, 0.6) is 5.75 Å². The molecule has 0 fully saturated rings. The van der Waals surface area contributed by atoms with Gasteiger partial charge in [-0.1, -0.05) is 18.2 Å². The third-order valence-corrected chi connectivity index (χ3v) is 4.81. The van der Waals surface area contributed by atoms with Crippen molar-refractivity contribution in [2.75, 3.05) is 17.7 Å². The number of carbonyl (C=O) groups is 3. The molecule has 2 heterocycles. The van der Waals surface area contributed by atoms with Gasteiger partial charge in [0.25, 0.3) is 0 Å². The number of hydrogen-bond donors (Lipinski definition) is 3. The first-order valence-electron chi connectivity index (χ1n) is 9.12. The summed E-state index contributed by atoms with van der Waals surface area (Å²) in [5.41, 5.74) is 1.87. The number of benzene rings is 2. The van der Waals surface area contributed by atoms with Crippen molar-refractivity contribution in [3.8, 4) is 16.9 Å². The number of carboxylic acids is 1. The van der Waals surface area contributed by atoms with E-state index in [2.05, 4.69) is 15.7 Å². The van der Waals surface area contributed by atoms with E-state index >= 15 is 0 Å². The van der Waals surface area contributed by atoms with Crippen molar-refractivity contribution in [2.24, 2.45) is 0 Å². The predicted octanol–water partition coefficient (Wildman–Crippen LogP) is 2.78. The summed E-state index contributed by atoms with van der Waals surface area (Å²) >= 11 is 0. The van der Waals surface area contributed by atoms with E-state index in [1.165, 1.54) is 22.9 Å². The van der Waals surface area contributed by atoms with Crippen LogP contribution in [0.1, 0.15) is 22.8 Å². The zero-order chi connectivity index (χ0) is 21.3. The van der Waals surface area contributed by atoms with Crippen LogP contribution >= 0.6 is 0 Å². The number of nitrogens with zero attached hydrogens (tertiary/aromatic N) is 2. The van der Waals surface area contributed by atoms with Crippen molar-refractivity contribution < 1.29 is 24.2 Å². The first kappa shape index (κ1) is 19.2. The van der Waals surface area contributed by atoms with Gasteiger partial charge in [-0.3, -0.25) is 9.59 Å². The number of rotatable bonds is 5. The zero-order valence-corrected chi connectivity index (χ0v) is 16.0. The van der Waals surface area contributed by atoms with Crippen molar-refractivity contribution >= 4 is 29.3 Å². The summed E-state index contributed by atoms with van der Waals surface area (Å²) in [7, 11) is 1.58. The number of carboxylic acid groups (broad SMARTS) is 1. The van der Waals surface area contributed by atoms with Gasteiger partial charge in [0.05, 0.1) is 25.3 Å². The predicted molar refractivity (Wildman–Crippen MR) is 109 cm³/mol. The minimum Gasteiger partial charge on any atom is -0.497 e. The number of fused-ring (bicyclic) bond motifs is 1. The number of ether oxygens (including phenoxy) is 1. The van der Waals surface area contributed by atoms with Crippen LogP contribution in [0.4, 0.5) is 11.5 Å². The molecular weight excluding hydrogens is 388 g/mol. The fourth-order valence-corrected chi connectivity index (χ4v) is 3.31. The molecule has 3 N–H and O–H groups in total. The minimum absolute atomic E-state index is 0.0516. The first-order chi connectivity index (χ1) is 14.5. The molecule has 1 aliphatic heterocycles. The van der Waals surface area contributed by atoms with Crippen LogP contribution in [-0.2, 0) is 9.59 Å². The Morgan fingerprint density at radius 2 is 2.00 bits per heavy atom. The average Bonchev–Trinajstić information content (AvgIpc) is 3.17. The van der Waals surface area contributed by atoms with E-state index in [4.69, 9.17) is 9.84 Å². The van der Waals surface area contributed by atoms with Crippen molar-refractivity contribution in [1.82, 2.24) is 9.78 Å². The largest absolute Gasteiger partial charge is 0.497 e. The maximum absolute atomic E-state index is 12.9. The second kappa shape index (κ2) is 7.70. The van der Waals surface area contributed by atoms with Gasteiger partial charge < -0.3 is 20.5 Å². The molecule has 0 unspecified atom stereocenters. The maximum Gasteiger partial charge on any atom is 0.335 e. The topological polar surface area (TPSA) is 123 Å². The van der Waals surface area contributed by atoms with Crippen molar-refractivity contribution in [3.63, 3.8) is 0 Å². The van der Waals surface area contributed by atoms with Crippen LogP contribution in [0.15, 0.2) is 54.7 Å². The molecule has 1 aliphatic rings. The summed E-state index contributed by atoms with van der Waals surface area (Å²) in [4.78, 5) is 36.3. The van der Waals surface area contributed by atoms with E-state index in [1.54, 1.807) is 31.5 Å². The van der Waals surface area contributed by atoms with Crippen LogP contribution in [0, 0.1) is 0 Å². The number of hydrogen-bond acceptors (Lipinski definition) is 5. The van der Waals surface area contributed by atoms with Gasteiger partial charge >= 0.3 is 5.97 Å². The third-order valence-electron chi connectivity index (χ3n) is 4.81. The molecule has 0 aliphatic carbocycles. The molecule has 0 bridgehead atoms. The highest BCUT2D eigenvalue weighted by molar-refractivity contribution is 6.03. The van der Waals surface area contributed by atoms with E-state index in [1.807, 2.05) is 12.1 Å². The lowest BCUT2D eigenvalue weighted by atomic mass is 10.1. The van der Waals surface area contributed by atoms with Crippen LogP contribution in [0.25, 0.3) is 11.1 Å². The van der Waals surface area contributed by atoms with Gasteiger partial charge in [0.15, 0.2) is 0 Å². The van der Waals surface area contributed by atoms with Crippen molar-refractivity contribution in [1.29, 1.82) is 0 Å². The van der Waals surface area contributed by atoms with Crippen LogP contribution < -0.4 is 15.4 Å². The summed E-state index contributed by atoms with van der Waals surface area (Å²) in [6, 6.07) is 12.3. The highest BCUT2D eigenvalue weighted by atomic mass is 16.5. The smallest absolute Gasteiger partial charge is 0.335 e. The number of nitrogens with one attached hydrogen (secondary N) is 2. The van der Waals surface area contributed by atoms with Crippen LogP contribution in [-0.4, -0.2) is 39.8 Å². The number of anilines is 2. The zero-order valence-electron chi connectivity index (χ0n) is 16.0. The average molecular weight is 406 g/mol. The minimum atomic E-state index is -1.10. The Hall–Kier alpha value is -4.14. The summed E-state index contributed by atoms with van der Waals surface area (Å²) in [5, 5.41) is 18.9. The molecule has 2 amide bonds. The fourth-order valence-electron chi connectivity index (χ4n) is 3.31. The molecule has 4 rings (SSSR count). The van der Waals surface area contributed by atoms with E-state index in [-0.39, 0.29) is 17.9 Å². The van der Waals surface area contributed by atoms with Gasteiger partial charge in [-0.2, -0.15) is 5.10 Å². The Labute approximate surface area is 171 Å². The number of aromatic carboxylic acids is 1. The Balaban J connectivity index is 1.63. The standard InChI is InChI=1S/C21H18N4O5/c1-30-15-7-5-12(6-8-15)16-11-22-25-17(10-18(26)24-19(16)25)20(27)23-14-4-2-3-13(9-14)21(28)29/h2-9,11,17H,10H2,1H3,(H,23,27)(H,24,26)(H,28,29)/t17-/m1/s1. The van der Waals surface area contributed by atoms with Crippen LogP contribution in [0.3, 0.4) is 0 Å². The molecule has 9 heteroatoms. The van der Waals surface area contributed by atoms with Crippen molar-refractivity contribution in [2.45, 2.75) is 12.5 Å². The number of methoxy groups -OCH3 is 1. The summed E-state index contributed by atoms with van der Waals surface area (Å²) in [5.74, 6) is -0.739. The van der Waals surface area contributed by atoms with Crippen molar-refractivity contribution in [3.05, 3.63) is 60.3 Å². The highest BCUT2D eigenvalue weighted by Crippen LogP contribution is 2.35. The fraction of sp³-hybridized carbons (Fsp3) is 0.143.